The van der Waals surface area contributed by atoms with Crippen molar-refractivity contribution in [3.63, 3.8) is 0 Å². The van der Waals surface area contributed by atoms with E-state index in [0.717, 1.165) is 12.0 Å². The average Bonchev–Trinajstić information content (AvgIpc) is 2.56. The summed E-state index contributed by atoms with van der Waals surface area (Å²) in [5.41, 5.74) is 0.662. The molecule has 17 heavy (non-hydrogen) atoms. The summed E-state index contributed by atoms with van der Waals surface area (Å²) in [6, 6.07) is 0. The minimum absolute atomic E-state index is 0.315. The Balaban J connectivity index is 0. The van der Waals surface area contributed by atoms with Crippen molar-refractivity contribution in [2.24, 2.45) is 0 Å². The fraction of sp³-hybridized carbons (Fsp3) is 0.385. The Morgan fingerprint density at radius 1 is 1.06 bits per heavy atom. The van der Waals surface area contributed by atoms with Gasteiger partial charge < -0.3 is 5.11 Å². The maximum atomic E-state index is 11.2. The molecule has 0 aromatic carbocycles. The van der Waals surface area contributed by atoms with E-state index in [4.69, 9.17) is 5.11 Å². The standard InChI is InChI=1S/C9H9NO2.C3H8.CH4O/c1-4-6-7(5-2)9(12)10(3)8(6)11;1-3-2;1-2/h4-5H,1-2H2,3H3;3H2,1-2H3;2H,1H3. The largest absolute Gasteiger partial charge is 0.400 e. The highest BCUT2D eigenvalue weighted by Gasteiger charge is 2.31. The second kappa shape index (κ2) is 9.54. The number of hydrogen-bond acceptors (Lipinski definition) is 3. The van der Waals surface area contributed by atoms with Crippen LogP contribution in [0.15, 0.2) is 36.5 Å². The minimum atomic E-state index is -0.315. The molecule has 0 saturated carbocycles. The third kappa shape index (κ3) is 4.36. The summed E-state index contributed by atoms with van der Waals surface area (Å²) in [6.45, 7) is 11.2. The number of rotatable bonds is 2. The van der Waals surface area contributed by atoms with Gasteiger partial charge in [-0.05, 0) is 0 Å². The molecule has 0 aromatic heterocycles. The van der Waals surface area contributed by atoms with Crippen LogP contribution in [0, 0.1) is 0 Å². The van der Waals surface area contributed by atoms with Crippen LogP contribution in [0.25, 0.3) is 0 Å². The van der Waals surface area contributed by atoms with Crippen molar-refractivity contribution < 1.29 is 14.7 Å². The van der Waals surface area contributed by atoms with Crippen LogP contribution in [0.4, 0.5) is 0 Å². The number of carbonyl (C=O) groups excluding carboxylic acids is 2. The maximum Gasteiger partial charge on any atom is 0.261 e. The van der Waals surface area contributed by atoms with Gasteiger partial charge in [0.15, 0.2) is 0 Å². The average molecular weight is 239 g/mol. The van der Waals surface area contributed by atoms with Crippen LogP contribution >= 0.6 is 0 Å². The summed E-state index contributed by atoms with van der Waals surface area (Å²) in [7, 11) is 2.44. The van der Waals surface area contributed by atoms with Gasteiger partial charge in [0.1, 0.15) is 0 Å². The number of carbonyl (C=O) groups is 2. The molecule has 0 bridgehead atoms. The Hall–Kier alpha value is -1.68. The number of likely N-dealkylation sites (N-methyl/N-ethyl adjacent to an activating group) is 1. The quantitative estimate of drug-likeness (QED) is 0.746. The number of aliphatic hydroxyl groups is 1. The van der Waals surface area contributed by atoms with E-state index in [-0.39, 0.29) is 11.8 Å². The number of nitrogens with zero attached hydrogens (tertiary/aromatic N) is 1. The molecule has 0 aromatic rings. The van der Waals surface area contributed by atoms with Gasteiger partial charge in [0.25, 0.3) is 11.8 Å². The molecule has 4 heteroatoms. The molecule has 0 radical (unpaired) electrons. The van der Waals surface area contributed by atoms with E-state index in [1.54, 1.807) is 0 Å². The number of imide groups is 1. The first-order valence-electron chi connectivity index (χ1n) is 5.31. The summed E-state index contributed by atoms with van der Waals surface area (Å²) >= 11 is 0. The Labute approximate surface area is 103 Å². The molecule has 0 fully saturated rings. The molecule has 0 unspecified atom stereocenters. The molecular weight excluding hydrogens is 218 g/mol. The molecule has 96 valence electrons. The Bertz CT molecular complexity index is 300. The number of aliphatic hydroxyl groups excluding tert-OH is 1. The molecule has 0 spiro atoms. The normalized spacial score (nSPS) is 13.6. The van der Waals surface area contributed by atoms with Crippen molar-refractivity contribution in [3.05, 3.63) is 36.5 Å². The van der Waals surface area contributed by atoms with Crippen LogP contribution in [0.5, 0.6) is 0 Å². The Kier molecular flexibility index (Phi) is 9.94. The lowest BCUT2D eigenvalue weighted by atomic mass is 10.1. The first-order chi connectivity index (χ1) is 8.04. The highest BCUT2D eigenvalue weighted by molar-refractivity contribution is 6.21. The summed E-state index contributed by atoms with van der Waals surface area (Å²) in [5.74, 6) is -0.630. The molecule has 2 amide bonds. The summed E-state index contributed by atoms with van der Waals surface area (Å²) in [4.78, 5) is 23.5. The molecule has 0 atom stereocenters. The lowest BCUT2D eigenvalue weighted by Crippen LogP contribution is -2.26. The van der Waals surface area contributed by atoms with Gasteiger partial charge in [0.2, 0.25) is 0 Å². The Morgan fingerprint density at radius 2 is 1.29 bits per heavy atom. The molecule has 1 heterocycles. The molecule has 1 rings (SSSR count). The maximum absolute atomic E-state index is 11.2. The van der Waals surface area contributed by atoms with Crippen molar-refractivity contribution >= 4 is 11.8 Å². The van der Waals surface area contributed by atoms with Gasteiger partial charge in [-0.15, -0.1) is 0 Å². The lowest BCUT2D eigenvalue weighted by molar-refractivity contribution is -0.135. The van der Waals surface area contributed by atoms with Crippen LogP contribution in [-0.4, -0.2) is 36.0 Å². The number of amides is 2. The first-order valence-corrected chi connectivity index (χ1v) is 5.31. The lowest BCUT2D eigenvalue weighted by Gasteiger charge is -2.04. The SMILES string of the molecule is C=CC1=C(C=C)C(=O)N(C)C1=O.CCC.CO. The summed E-state index contributed by atoms with van der Waals surface area (Å²) < 4.78 is 0. The topological polar surface area (TPSA) is 57.6 Å². The molecule has 1 aliphatic rings. The van der Waals surface area contributed by atoms with Crippen molar-refractivity contribution in [1.29, 1.82) is 0 Å². The van der Waals surface area contributed by atoms with E-state index in [2.05, 4.69) is 27.0 Å². The molecule has 1 aliphatic heterocycles. The van der Waals surface area contributed by atoms with Gasteiger partial charge in [-0.3, -0.25) is 14.5 Å². The minimum Gasteiger partial charge on any atom is -0.400 e. The van der Waals surface area contributed by atoms with Crippen LogP contribution in [0.3, 0.4) is 0 Å². The molecule has 0 aliphatic carbocycles. The van der Waals surface area contributed by atoms with E-state index in [1.165, 1.54) is 25.6 Å². The summed E-state index contributed by atoms with van der Waals surface area (Å²) in [6.07, 6.45) is 4.00. The van der Waals surface area contributed by atoms with Gasteiger partial charge in [0.05, 0.1) is 11.1 Å². The van der Waals surface area contributed by atoms with E-state index in [1.807, 2.05) is 0 Å². The zero-order valence-electron chi connectivity index (χ0n) is 11.0. The van der Waals surface area contributed by atoms with Crippen LogP contribution in [0.2, 0.25) is 0 Å². The van der Waals surface area contributed by atoms with Crippen molar-refractivity contribution in [1.82, 2.24) is 4.90 Å². The highest BCUT2D eigenvalue weighted by atomic mass is 16.2. The van der Waals surface area contributed by atoms with E-state index in [0.29, 0.717) is 11.1 Å². The predicted octanol–water partition coefficient (Wildman–Crippen LogP) is 1.68. The molecular formula is C13H21NO3. The predicted molar refractivity (Wildman–Crippen MR) is 69.3 cm³/mol. The van der Waals surface area contributed by atoms with E-state index < -0.39 is 0 Å². The van der Waals surface area contributed by atoms with E-state index in [9.17, 15) is 9.59 Å². The third-order valence-electron chi connectivity index (χ3n) is 1.77. The summed E-state index contributed by atoms with van der Waals surface area (Å²) in [5, 5.41) is 7.00. The van der Waals surface area contributed by atoms with Crippen molar-refractivity contribution in [3.8, 4) is 0 Å². The smallest absolute Gasteiger partial charge is 0.261 e. The fourth-order valence-corrected chi connectivity index (χ4v) is 1.08. The Morgan fingerprint density at radius 3 is 1.47 bits per heavy atom. The van der Waals surface area contributed by atoms with Crippen molar-refractivity contribution in [2.45, 2.75) is 20.3 Å². The molecule has 1 N–H and O–H groups in total. The monoisotopic (exact) mass is 239 g/mol. The zero-order chi connectivity index (χ0) is 14.0. The van der Waals surface area contributed by atoms with Gasteiger partial charge in [-0.25, -0.2) is 0 Å². The van der Waals surface area contributed by atoms with Gasteiger partial charge in [-0.1, -0.05) is 45.6 Å². The zero-order valence-corrected chi connectivity index (χ0v) is 11.0. The highest BCUT2D eigenvalue weighted by Crippen LogP contribution is 2.20. The second-order valence-electron chi connectivity index (χ2n) is 3.11. The number of hydrogen-bond donors (Lipinski definition) is 1. The third-order valence-corrected chi connectivity index (χ3v) is 1.77. The first kappa shape index (κ1) is 17.7. The molecule has 4 nitrogen and oxygen atoms in total. The van der Waals surface area contributed by atoms with Gasteiger partial charge >= 0.3 is 0 Å². The van der Waals surface area contributed by atoms with Gasteiger partial charge in [0, 0.05) is 14.2 Å². The van der Waals surface area contributed by atoms with Crippen LogP contribution < -0.4 is 0 Å². The molecule has 0 saturated heterocycles. The fourth-order valence-electron chi connectivity index (χ4n) is 1.08. The van der Waals surface area contributed by atoms with E-state index >= 15 is 0 Å². The van der Waals surface area contributed by atoms with Crippen LogP contribution in [0.1, 0.15) is 20.3 Å². The van der Waals surface area contributed by atoms with Gasteiger partial charge in [-0.2, -0.15) is 0 Å². The van der Waals surface area contributed by atoms with Crippen LogP contribution in [-0.2, 0) is 9.59 Å². The second-order valence-corrected chi connectivity index (χ2v) is 3.11. The van der Waals surface area contributed by atoms with Crippen molar-refractivity contribution in [2.75, 3.05) is 14.2 Å².